The van der Waals surface area contributed by atoms with Gasteiger partial charge in [0.05, 0.1) is 6.61 Å². The Hall–Kier alpha value is -2.17. The molecule has 1 aliphatic rings. The van der Waals surface area contributed by atoms with Crippen molar-refractivity contribution in [2.75, 3.05) is 6.61 Å². The molecule has 0 spiro atoms. The number of aliphatic hydroxyl groups is 4. The second-order valence-corrected chi connectivity index (χ2v) is 5.22. The Kier molecular flexibility index (Phi) is 5.75. The third-order valence-electron chi connectivity index (χ3n) is 3.49. The van der Waals surface area contributed by atoms with Gasteiger partial charge in [-0.3, -0.25) is 0 Å². The molecule has 132 valence electrons. The minimum absolute atomic E-state index is 0.00104. The van der Waals surface area contributed by atoms with E-state index in [-0.39, 0.29) is 5.75 Å². The molecule has 1 aliphatic heterocycles. The smallest absolute Gasteiger partial charge is 0.371 e. The van der Waals surface area contributed by atoms with Crippen LogP contribution in [-0.2, 0) is 14.3 Å². The number of aliphatic carboxylic acids is 1. The maximum absolute atomic E-state index is 11.3. The lowest BCUT2D eigenvalue weighted by molar-refractivity contribution is -0.291. The molecule has 9 heteroatoms. The number of aromatic hydroxyl groups is 1. The highest BCUT2D eigenvalue weighted by Crippen LogP contribution is 2.24. The highest BCUT2D eigenvalue weighted by molar-refractivity contribution is 5.89. The molecule has 2 rings (SSSR count). The SMILES string of the molecule is O=C(O)C(=Cc1ccc(O)cc1)OC1OC(CO)C(O)C(O)C1O. The molecular formula is C15H18O9. The van der Waals surface area contributed by atoms with Crippen LogP contribution in [0.2, 0.25) is 0 Å². The second kappa shape index (κ2) is 7.60. The number of aliphatic hydroxyl groups excluding tert-OH is 4. The Labute approximate surface area is 136 Å². The number of hydrogen-bond donors (Lipinski definition) is 6. The molecule has 1 saturated heterocycles. The lowest BCUT2D eigenvalue weighted by Gasteiger charge is -2.39. The fourth-order valence-corrected chi connectivity index (χ4v) is 2.16. The highest BCUT2D eigenvalue weighted by Gasteiger charge is 2.45. The van der Waals surface area contributed by atoms with Crippen LogP contribution >= 0.6 is 0 Å². The van der Waals surface area contributed by atoms with Gasteiger partial charge in [-0.25, -0.2) is 4.79 Å². The summed E-state index contributed by atoms with van der Waals surface area (Å²) in [6, 6.07) is 5.57. The van der Waals surface area contributed by atoms with E-state index >= 15 is 0 Å². The molecule has 0 bridgehead atoms. The van der Waals surface area contributed by atoms with Crippen LogP contribution in [0.1, 0.15) is 5.56 Å². The van der Waals surface area contributed by atoms with Gasteiger partial charge in [0, 0.05) is 0 Å². The summed E-state index contributed by atoms with van der Waals surface area (Å²) in [5.74, 6) is -2.05. The number of rotatable bonds is 5. The fraction of sp³-hybridized carbons (Fsp3) is 0.400. The number of carboxylic acid groups (broad SMARTS) is 1. The number of carboxylic acids is 1. The summed E-state index contributed by atoms with van der Waals surface area (Å²) in [4.78, 5) is 11.3. The molecule has 0 saturated carbocycles. The largest absolute Gasteiger partial charge is 0.508 e. The molecular weight excluding hydrogens is 324 g/mol. The van der Waals surface area contributed by atoms with Crippen LogP contribution in [0.15, 0.2) is 30.0 Å². The lowest BCUT2D eigenvalue weighted by Crippen LogP contribution is -2.59. The summed E-state index contributed by atoms with van der Waals surface area (Å²) in [6.45, 7) is -0.658. The van der Waals surface area contributed by atoms with Gasteiger partial charge in [0.2, 0.25) is 12.0 Å². The van der Waals surface area contributed by atoms with Crippen molar-refractivity contribution < 1.29 is 44.9 Å². The zero-order valence-corrected chi connectivity index (χ0v) is 12.4. The van der Waals surface area contributed by atoms with Crippen molar-refractivity contribution in [1.82, 2.24) is 0 Å². The van der Waals surface area contributed by atoms with Crippen LogP contribution < -0.4 is 0 Å². The minimum Gasteiger partial charge on any atom is -0.508 e. The summed E-state index contributed by atoms with van der Waals surface area (Å²) in [7, 11) is 0. The van der Waals surface area contributed by atoms with Crippen molar-refractivity contribution in [2.24, 2.45) is 0 Å². The van der Waals surface area contributed by atoms with Crippen molar-refractivity contribution in [3.8, 4) is 5.75 Å². The van der Waals surface area contributed by atoms with E-state index in [1.54, 1.807) is 0 Å². The summed E-state index contributed by atoms with van der Waals surface area (Å²) in [5.41, 5.74) is 0.398. The van der Waals surface area contributed by atoms with Gasteiger partial charge in [0.1, 0.15) is 30.2 Å². The molecule has 24 heavy (non-hydrogen) atoms. The molecule has 0 radical (unpaired) electrons. The van der Waals surface area contributed by atoms with E-state index in [0.717, 1.165) is 6.08 Å². The van der Waals surface area contributed by atoms with Crippen molar-refractivity contribution >= 4 is 12.0 Å². The first-order valence-corrected chi connectivity index (χ1v) is 7.04. The first kappa shape index (κ1) is 18.2. The first-order valence-electron chi connectivity index (χ1n) is 7.04. The second-order valence-electron chi connectivity index (χ2n) is 5.22. The van der Waals surface area contributed by atoms with Gasteiger partial charge in [-0.05, 0) is 23.8 Å². The zero-order valence-electron chi connectivity index (χ0n) is 12.4. The number of phenols is 1. The Morgan fingerprint density at radius 1 is 1.12 bits per heavy atom. The number of benzene rings is 1. The van der Waals surface area contributed by atoms with Gasteiger partial charge in [-0.2, -0.15) is 0 Å². The molecule has 6 N–H and O–H groups in total. The maximum Gasteiger partial charge on any atom is 0.371 e. The average molecular weight is 342 g/mol. The summed E-state index contributed by atoms with van der Waals surface area (Å²) in [6.07, 6.45) is -6.64. The molecule has 1 aromatic rings. The number of carbonyl (C=O) groups is 1. The van der Waals surface area contributed by atoms with Gasteiger partial charge in [0.15, 0.2) is 0 Å². The molecule has 0 amide bonds. The summed E-state index contributed by atoms with van der Waals surface area (Å²) in [5, 5.41) is 56.7. The number of hydrogen-bond acceptors (Lipinski definition) is 8. The van der Waals surface area contributed by atoms with Crippen molar-refractivity contribution in [3.63, 3.8) is 0 Å². The van der Waals surface area contributed by atoms with Gasteiger partial charge >= 0.3 is 5.97 Å². The lowest BCUT2D eigenvalue weighted by atomic mass is 9.99. The van der Waals surface area contributed by atoms with E-state index in [1.165, 1.54) is 24.3 Å². The van der Waals surface area contributed by atoms with Crippen LogP contribution in [0.5, 0.6) is 5.75 Å². The molecule has 5 atom stereocenters. The predicted molar refractivity (Wildman–Crippen MR) is 78.6 cm³/mol. The third-order valence-corrected chi connectivity index (χ3v) is 3.49. The van der Waals surface area contributed by atoms with Crippen molar-refractivity contribution in [2.45, 2.75) is 30.7 Å². The van der Waals surface area contributed by atoms with Crippen LogP contribution in [0.4, 0.5) is 0 Å². The predicted octanol–water partition coefficient (Wildman–Crippen LogP) is -1.37. The minimum atomic E-state index is -1.72. The quantitative estimate of drug-likeness (QED) is 0.281. The molecule has 9 nitrogen and oxygen atoms in total. The van der Waals surface area contributed by atoms with Crippen molar-refractivity contribution in [1.29, 1.82) is 0 Å². The average Bonchev–Trinajstić information content (AvgIpc) is 2.56. The highest BCUT2D eigenvalue weighted by atomic mass is 16.7. The van der Waals surface area contributed by atoms with Crippen molar-refractivity contribution in [3.05, 3.63) is 35.6 Å². The normalized spacial score (nSPS) is 30.8. The monoisotopic (exact) mass is 342 g/mol. The van der Waals surface area contributed by atoms with Crippen LogP contribution in [0, 0.1) is 0 Å². The Morgan fingerprint density at radius 3 is 2.29 bits per heavy atom. The van der Waals surface area contributed by atoms with E-state index in [1.807, 2.05) is 0 Å². The van der Waals surface area contributed by atoms with Crippen LogP contribution in [0.3, 0.4) is 0 Å². The number of phenolic OH excluding ortho intramolecular Hbond substituents is 1. The van der Waals surface area contributed by atoms with Crippen LogP contribution in [-0.4, -0.2) is 73.9 Å². The van der Waals surface area contributed by atoms with E-state index in [2.05, 4.69) is 0 Å². The Balaban J connectivity index is 2.20. The van der Waals surface area contributed by atoms with Gasteiger partial charge in [-0.15, -0.1) is 0 Å². The van der Waals surface area contributed by atoms with E-state index in [9.17, 15) is 30.3 Å². The standard InChI is InChI=1S/C15H18O9/c16-6-10-11(18)12(19)13(20)15(24-10)23-9(14(21)22)5-7-1-3-8(17)4-2-7/h1-5,10-13,15-20H,6H2,(H,21,22). The molecule has 0 aromatic heterocycles. The summed E-state index contributed by atoms with van der Waals surface area (Å²) < 4.78 is 10.2. The maximum atomic E-state index is 11.3. The Bertz CT molecular complexity index is 595. The summed E-state index contributed by atoms with van der Waals surface area (Å²) >= 11 is 0. The number of ether oxygens (including phenoxy) is 2. The van der Waals surface area contributed by atoms with Gasteiger partial charge < -0.3 is 40.1 Å². The van der Waals surface area contributed by atoms with Gasteiger partial charge in [-0.1, -0.05) is 12.1 Å². The topological polar surface area (TPSA) is 157 Å². The van der Waals surface area contributed by atoms with E-state index in [0.29, 0.717) is 5.56 Å². The van der Waals surface area contributed by atoms with Gasteiger partial charge in [0.25, 0.3) is 0 Å². The van der Waals surface area contributed by atoms with E-state index < -0.39 is 49.0 Å². The fourth-order valence-electron chi connectivity index (χ4n) is 2.16. The van der Waals surface area contributed by atoms with E-state index in [4.69, 9.17) is 14.6 Å². The first-order chi connectivity index (χ1) is 11.3. The van der Waals surface area contributed by atoms with Crippen LogP contribution in [0.25, 0.3) is 6.08 Å². The molecule has 5 unspecified atom stereocenters. The molecule has 0 aliphatic carbocycles. The molecule has 1 aromatic carbocycles. The third kappa shape index (κ3) is 4.02. The molecule has 1 fully saturated rings. The molecule has 1 heterocycles. The zero-order chi connectivity index (χ0) is 17.9. The Morgan fingerprint density at radius 2 is 1.75 bits per heavy atom.